The smallest absolute Gasteiger partial charge is 0.248 e. The average molecular weight is 548 g/mol. The van der Waals surface area contributed by atoms with Crippen molar-refractivity contribution >= 4 is 23.4 Å². The van der Waals surface area contributed by atoms with Gasteiger partial charge >= 0.3 is 0 Å². The standard InChI is InChI=1S/C31H34N2O7/c34-23-17-18-24(35)27(23)33-26(37)16-10-3-4-11-19-31(39)20-22(28(38)29-30(31)40-29)32-25(36)15-9-2-1-6-12-21-13-7-5-8-14-21/h1-4,6,9-12,15-16,19-21,29-30,34,39H,5,7-8,13-14,17-18H2,(H,32,36)(H,33,37)/b2-1+,4-3+,12-6+,15-9+,16-10+,19-11+/t29-,30-,31+/m1/s1/i19+1. The van der Waals surface area contributed by atoms with Crippen LogP contribution in [0.1, 0.15) is 44.9 Å². The average Bonchev–Trinajstić information content (AvgIpc) is 3.70. The van der Waals surface area contributed by atoms with Crippen LogP contribution in [-0.2, 0) is 23.9 Å². The number of nitrogens with one attached hydrogen (secondary N) is 2. The number of fused-ring (bicyclic) bond motifs is 1. The van der Waals surface area contributed by atoms with Gasteiger partial charge in [-0.1, -0.05) is 73.9 Å². The van der Waals surface area contributed by atoms with E-state index >= 15 is 0 Å². The van der Waals surface area contributed by atoms with Gasteiger partial charge in [0, 0.05) is 25.0 Å². The van der Waals surface area contributed by atoms with Crippen LogP contribution in [0.25, 0.3) is 0 Å². The molecule has 2 fully saturated rings. The van der Waals surface area contributed by atoms with Gasteiger partial charge in [0.15, 0.2) is 11.9 Å². The Balaban J connectivity index is 1.27. The summed E-state index contributed by atoms with van der Waals surface area (Å²) in [5, 5.41) is 25.5. The Morgan fingerprint density at radius 3 is 2.20 bits per heavy atom. The highest BCUT2D eigenvalue weighted by atomic mass is 16.6. The monoisotopic (exact) mass is 547 g/mol. The molecule has 40 heavy (non-hydrogen) atoms. The first-order valence-corrected chi connectivity index (χ1v) is 13.5. The van der Waals surface area contributed by atoms with Crippen LogP contribution in [-0.4, -0.2) is 51.4 Å². The molecule has 0 spiro atoms. The molecular formula is C31H34N2O7. The summed E-state index contributed by atoms with van der Waals surface area (Å²) in [5.74, 6) is -1.28. The predicted octanol–water partition coefficient (Wildman–Crippen LogP) is 3.23. The zero-order valence-corrected chi connectivity index (χ0v) is 22.1. The summed E-state index contributed by atoms with van der Waals surface area (Å²) in [6.45, 7) is 0. The molecule has 1 saturated heterocycles. The van der Waals surface area contributed by atoms with Crippen LogP contribution in [0.2, 0.25) is 0 Å². The highest BCUT2D eigenvalue weighted by molar-refractivity contribution is 6.06. The van der Waals surface area contributed by atoms with Crippen molar-refractivity contribution in [3.05, 3.63) is 96.1 Å². The maximum absolute atomic E-state index is 12.5. The van der Waals surface area contributed by atoms with Gasteiger partial charge in [-0.05, 0) is 30.9 Å². The summed E-state index contributed by atoms with van der Waals surface area (Å²) < 4.78 is 5.35. The van der Waals surface area contributed by atoms with E-state index in [4.69, 9.17) is 4.74 Å². The van der Waals surface area contributed by atoms with Gasteiger partial charge in [-0.3, -0.25) is 19.2 Å². The van der Waals surface area contributed by atoms with Crippen molar-refractivity contribution in [3.63, 3.8) is 0 Å². The number of Topliss-reactive ketones (excluding diaryl/α,β-unsaturated/α-hetero) is 2. The van der Waals surface area contributed by atoms with E-state index in [0.29, 0.717) is 5.92 Å². The Labute approximate surface area is 233 Å². The van der Waals surface area contributed by atoms with Crippen molar-refractivity contribution in [1.82, 2.24) is 10.6 Å². The van der Waals surface area contributed by atoms with E-state index in [9.17, 15) is 29.4 Å². The molecule has 210 valence electrons. The largest absolute Gasteiger partial charge is 0.510 e. The molecule has 9 heteroatoms. The second kappa shape index (κ2) is 13.3. The van der Waals surface area contributed by atoms with Crippen LogP contribution in [0, 0.1) is 5.92 Å². The second-order valence-corrected chi connectivity index (χ2v) is 10.1. The molecule has 0 bridgehead atoms. The van der Waals surface area contributed by atoms with E-state index in [0.717, 1.165) is 0 Å². The van der Waals surface area contributed by atoms with Crippen LogP contribution in [0.3, 0.4) is 0 Å². The predicted molar refractivity (Wildman–Crippen MR) is 148 cm³/mol. The number of hydrogen-bond donors (Lipinski definition) is 4. The molecule has 4 N–H and O–H groups in total. The number of epoxide rings is 1. The highest BCUT2D eigenvalue weighted by Crippen LogP contribution is 2.40. The minimum absolute atomic E-state index is 0.0405. The van der Waals surface area contributed by atoms with Gasteiger partial charge in [0.1, 0.15) is 23.2 Å². The number of hydrogen-bond acceptors (Lipinski definition) is 7. The third kappa shape index (κ3) is 7.74. The van der Waals surface area contributed by atoms with Gasteiger partial charge in [-0.25, -0.2) is 0 Å². The minimum atomic E-state index is -1.60. The van der Waals surface area contributed by atoms with Crippen molar-refractivity contribution in [2.24, 2.45) is 5.92 Å². The van der Waals surface area contributed by atoms with Crippen LogP contribution < -0.4 is 10.6 Å². The van der Waals surface area contributed by atoms with E-state index < -0.39 is 35.4 Å². The number of carbonyl (C=O) groups is 4. The summed E-state index contributed by atoms with van der Waals surface area (Å²) in [7, 11) is 0. The maximum Gasteiger partial charge on any atom is 0.248 e. The Kier molecular flexibility index (Phi) is 9.63. The molecule has 1 heterocycles. The molecule has 1 aliphatic heterocycles. The molecule has 1 saturated carbocycles. The molecule has 0 aromatic heterocycles. The van der Waals surface area contributed by atoms with Crippen LogP contribution >= 0.6 is 0 Å². The normalized spacial score (nSPS) is 27.7. The molecule has 0 aromatic carbocycles. The third-order valence-corrected chi connectivity index (χ3v) is 7.07. The van der Waals surface area contributed by atoms with Crippen molar-refractivity contribution in [2.75, 3.05) is 0 Å². The minimum Gasteiger partial charge on any atom is -0.510 e. The summed E-state index contributed by atoms with van der Waals surface area (Å²) in [5.41, 5.74) is -1.72. The number of aliphatic hydroxyl groups excluding tert-OH is 1. The molecule has 9 nitrogen and oxygen atoms in total. The fourth-order valence-electron chi connectivity index (χ4n) is 4.87. The molecule has 0 aromatic rings. The van der Waals surface area contributed by atoms with Gasteiger partial charge in [0.25, 0.3) is 0 Å². The lowest BCUT2D eigenvalue weighted by Gasteiger charge is -2.23. The molecule has 4 rings (SSSR count). The number of carbonyl (C=O) groups excluding carboxylic acids is 4. The Morgan fingerprint density at radius 2 is 1.52 bits per heavy atom. The summed E-state index contributed by atoms with van der Waals surface area (Å²) in [6, 6.07) is 0. The maximum atomic E-state index is 12.5. The zero-order chi connectivity index (χ0) is 28.5. The lowest BCUT2D eigenvalue weighted by Crippen LogP contribution is -2.42. The van der Waals surface area contributed by atoms with E-state index in [1.54, 1.807) is 18.2 Å². The fraction of sp³-hybridized carbons (Fsp3) is 0.355. The SMILES string of the molecule is O=C(/C=C/C=C/C=C/C1CCCCC1)NC1=C[C@@](O)(/[13CH]=C/C=C/C=C/C(=O)NC2=C(O)CCC2=O)[C@@H]2O[C@@H]2C1=O. The first-order chi connectivity index (χ1) is 19.3. The van der Waals surface area contributed by atoms with Gasteiger partial charge in [-0.15, -0.1) is 0 Å². The van der Waals surface area contributed by atoms with E-state index in [1.165, 1.54) is 74.6 Å². The summed E-state index contributed by atoms with van der Waals surface area (Å²) >= 11 is 0. The number of amides is 2. The zero-order valence-electron chi connectivity index (χ0n) is 22.1. The van der Waals surface area contributed by atoms with E-state index in [1.807, 2.05) is 12.2 Å². The number of allylic oxidation sites excluding steroid dienone is 11. The molecular weight excluding hydrogens is 513 g/mol. The highest BCUT2D eigenvalue weighted by Gasteiger charge is 2.59. The molecule has 3 aliphatic carbocycles. The van der Waals surface area contributed by atoms with E-state index in [-0.39, 0.29) is 35.8 Å². The van der Waals surface area contributed by atoms with Crippen molar-refractivity contribution in [3.8, 4) is 0 Å². The lowest BCUT2D eigenvalue weighted by molar-refractivity contribution is -0.121. The van der Waals surface area contributed by atoms with Gasteiger partial charge in [-0.2, -0.15) is 0 Å². The molecule has 2 amide bonds. The molecule has 0 unspecified atom stereocenters. The van der Waals surface area contributed by atoms with E-state index in [2.05, 4.69) is 16.7 Å². The number of ether oxygens (including phenoxy) is 1. The lowest BCUT2D eigenvalue weighted by atomic mass is 9.89. The first-order valence-electron chi connectivity index (χ1n) is 13.5. The molecule has 0 radical (unpaired) electrons. The number of ketones is 2. The van der Waals surface area contributed by atoms with Gasteiger partial charge in [0.2, 0.25) is 17.6 Å². The first kappa shape index (κ1) is 28.9. The number of rotatable bonds is 10. The third-order valence-electron chi connectivity index (χ3n) is 7.07. The quantitative estimate of drug-likeness (QED) is 0.142. The second-order valence-electron chi connectivity index (χ2n) is 10.1. The Bertz CT molecular complexity index is 1270. The Hall–Kier alpha value is -4.08. The molecule has 4 aliphatic rings. The van der Waals surface area contributed by atoms with Crippen molar-refractivity contribution in [1.29, 1.82) is 0 Å². The van der Waals surface area contributed by atoms with Crippen LogP contribution in [0.15, 0.2) is 96.1 Å². The fourth-order valence-corrected chi connectivity index (χ4v) is 4.87. The summed E-state index contributed by atoms with van der Waals surface area (Å²) in [4.78, 5) is 48.3. The van der Waals surface area contributed by atoms with Crippen molar-refractivity contribution in [2.45, 2.75) is 62.8 Å². The topological polar surface area (TPSA) is 145 Å². The van der Waals surface area contributed by atoms with Crippen LogP contribution in [0.4, 0.5) is 0 Å². The Morgan fingerprint density at radius 1 is 0.875 bits per heavy atom. The van der Waals surface area contributed by atoms with Crippen LogP contribution in [0.5, 0.6) is 0 Å². The number of aliphatic hydroxyl groups is 2. The van der Waals surface area contributed by atoms with Gasteiger partial charge in [0.05, 0.1) is 5.70 Å². The van der Waals surface area contributed by atoms with Crippen molar-refractivity contribution < 1.29 is 34.1 Å². The molecule has 3 atom stereocenters. The van der Waals surface area contributed by atoms with Gasteiger partial charge < -0.3 is 25.6 Å². The summed E-state index contributed by atoms with van der Waals surface area (Å²) in [6.07, 6.45) is 25.7.